The van der Waals surface area contributed by atoms with Gasteiger partial charge in [0.15, 0.2) is 0 Å². The summed E-state index contributed by atoms with van der Waals surface area (Å²) < 4.78 is 28.6. The van der Waals surface area contributed by atoms with Crippen molar-refractivity contribution < 1.29 is 13.6 Å². The topological polar surface area (TPSA) is 59.0 Å². The molecule has 0 aliphatic rings. The van der Waals surface area contributed by atoms with Crippen LogP contribution >= 0.6 is 0 Å². The smallest absolute Gasteiger partial charge is 0.256 e. The molecule has 2 N–H and O–H groups in total. The monoisotopic (exact) mass is 440 g/mol. The van der Waals surface area contributed by atoms with Gasteiger partial charge >= 0.3 is 0 Å². The van der Waals surface area contributed by atoms with Gasteiger partial charge in [-0.05, 0) is 56.7 Å². The van der Waals surface area contributed by atoms with Crippen LogP contribution in [0.5, 0.6) is 0 Å². The van der Waals surface area contributed by atoms with Crippen LogP contribution in [0.15, 0.2) is 48.5 Å². The van der Waals surface area contributed by atoms with Gasteiger partial charge in [-0.2, -0.15) is 5.10 Å². The standard InChI is InChI=1S/C25H30F2N4O/c1-24(2,3)21-14-22(31(30-21)25(4,5)6)29-23(32)17-8-7-9-20(12-17)28-15-16-10-18(26)13-19(27)11-16/h7-14,28H,15H2,1-6H3,(H,29,32). The first kappa shape index (κ1) is 23.4. The van der Waals surface area contributed by atoms with Gasteiger partial charge in [0.2, 0.25) is 0 Å². The number of nitrogens with one attached hydrogen (secondary N) is 2. The number of aromatic nitrogens is 2. The number of rotatable bonds is 5. The summed E-state index contributed by atoms with van der Waals surface area (Å²) in [5.41, 5.74) is 2.02. The van der Waals surface area contributed by atoms with Crippen LogP contribution in [0.4, 0.5) is 20.3 Å². The van der Waals surface area contributed by atoms with Crippen molar-refractivity contribution in [2.24, 2.45) is 0 Å². The molecule has 0 spiro atoms. The summed E-state index contributed by atoms with van der Waals surface area (Å²) in [6.07, 6.45) is 0. The summed E-state index contributed by atoms with van der Waals surface area (Å²) in [5, 5.41) is 10.8. The van der Waals surface area contributed by atoms with Crippen molar-refractivity contribution in [3.8, 4) is 0 Å². The van der Waals surface area contributed by atoms with E-state index in [0.717, 1.165) is 11.8 Å². The second-order valence-corrected chi connectivity index (χ2v) is 9.91. The predicted molar refractivity (Wildman–Crippen MR) is 124 cm³/mol. The Morgan fingerprint density at radius 2 is 1.62 bits per heavy atom. The molecule has 0 atom stereocenters. The van der Waals surface area contributed by atoms with Gasteiger partial charge in [-0.25, -0.2) is 13.5 Å². The van der Waals surface area contributed by atoms with E-state index >= 15 is 0 Å². The molecule has 0 unspecified atom stereocenters. The summed E-state index contributed by atoms with van der Waals surface area (Å²) in [7, 11) is 0. The maximum atomic E-state index is 13.4. The highest BCUT2D eigenvalue weighted by atomic mass is 19.1. The number of hydrogen-bond donors (Lipinski definition) is 2. The van der Waals surface area contributed by atoms with Crippen molar-refractivity contribution in [1.82, 2.24) is 9.78 Å². The zero-order valence-electron chi connectivity index (χ0n) is 19.4. The number of anilines is 2. The largest absolute Gasteiger partial charge is 0.381 e. The van der Waals surface area contributed by atoms with Crippen LogP contribution in [0.3, 0.4) is 0 Å². The van der Waals surface area contributed by atoms with Crippen LogP contribution in [-0.2, 0) is 17.5 Å². The SMILES string of the molecule is CC(C)(C)c1cc(NC(=O)c2cccc(NCc3cc(F)cc(F)c3)c2)n(C(C)(C)C)n1. The number of amides is 1. The Kier molecular flexibility index (Phi) is 6.39. The van der Waals surface area contributed by atoms with Crippen molar-refractivity contribution in [1.29, 1.82) is 0 Å². The van der Waals surface area contributed by atoms with Gasteiger partial charge in [-0.3, -0.25) is 4.79 Å². The van der Waals surface area contributed by atoms with Crippen LogP contribution in [0.25, 0.3) is 0 Å². The lowest BCUT2D eigenvalue weighted by Crippen LogP contribution is -2.27. The number of hydrogen-bond acceptors (Lipinski definition) is 3. The molecule has 0 bridgehead atoms. The minimum atomic E-state index is -0.625. The summed E-state index contributed by atoms with van der Waals surface area (Å²) in [5.74, 6) is -0.891. The van der Waals surface area contributed by atoms with Crippen molar-refractivity contribution in [2.45, 2.75) is 59.0 Å². The van der Waals surface area contributed by atoms with Crippen molar-refractivity contribution in [2.75, 3.05) is 10.6 Å². The van der Waals surface area contributed by atoms with Gasteiger partial charge in [-0.1, -0.05) is 26.8 Å². The van der Waals surface area contributed by atoms with E-state index < -0.39 is 11.6 Å². The number of halogens is 2. The number of carbonyl (C=O) groups is 1. The lowest BCUT2D eigenvalue weighted by molar-refractivity contribution is 0.102. The minimum absolute atomic E-state index is 0.157. The second-order valence-electron chi connectivity index (χ2n) is 9.91. The summed E-state index contributed by atoms with van der Waals surface area (Å²) in [6.45, 7) is 12.5. The fraction of sp³-hybridized carbons (Fsp3) is 0.360. The molecular weight excluding hydrogens is 410 g/mol. The van der Waals surface area contributed by atoms with Gasteiger partial charge in [0.1, 0.15) is 17.5 Å². The van der Waals surface area contributed by atoms with Gasteiger partial charge in [-0.15, -0.1) is 0 Å². The molecule has 3 aromatic rings. The van der Waals surface area contributed by atoms with E-state index in [4.69, 9.17) is 5.10 Å². The Morgan fingerprint density at radius 3 is 2.22 bits per heavy atom. The van der Waals surface area contributed by atoms with E-state index in [1.807, 2.05) is 31.5 Å². The van der Waals surface area contributed by atoms with Crippen molar-refractivity contribution >= 4 is 17.4 Å². The van der Waals surface area contributed by atoms with Gasteiger partial charge in [0.25, 0.3) is 5.91 Å². The predicted octanol–water partition coefficient (Wildman–Crippen LogP) is 6.08. The van der Waals surface area contributed by atoms with Crippen molar-refractivity contribution in [3.63, 3.8) is 0 Å². The fourth-order valence-corrected chi connectivity index (χ4v) is 3.22. The molecule has 0 saturated heterocycles. The molecule has 0 radical (unpaired) electrons. The molecule has 0 fully saturated rings. The Balaban J connectivity index is 1.78. The Labute approximate surface area is 187 Å². The third-order valence-corrected chi connectivity index (χ3v) is 4.90. The fourth-order valence-electron chi connectivity index (χ4n) is 3.22. The van der Waals surface area contributed by atoms with E-state index in [0.29, 0.717) is 22.6 Å². The molecule has 0 aliphatic heterocycles. The average molecular weight is 441 g/mol. The second kappa shape index (κ2) is 8.73. The van der Waals surface area contributed by atoms with E-state index in [1.54, 1.807) is 24.3 Å². The number of benzene rings is 2. The van der Waals surface area contributed by atoms with Crippen LogP contribution in [0.2, 0.25) is 0 Å². The molecule has 7 heteroatoms. The Bertz CT molecular complexity index is 1100. The Morgan fingerprint density at radius 1 is 0.969 bits per heavy atom. The van der Waals surface area contributed by atoms with E-state index in [-0.39, 0.29) is 23.4 Å². The van der Waals surface area contributed by atoms with E-state index in [2.05, 4.69) is 31.4 Å². The molecule has 1 aromatic heterocycles. The van der Waals surface area contributed by atoms with Crippen LogP contribution in [0.1, 0.15) is 63.2 Å². The minimum Gasteiger partial charge on any atom is -0.381 e. The van der Waals surface area contributed by atoms with E-state index in [1.165, 1.54) is 12.1 Å². The normalized spacial score (nSPS) is 12.0. The molecule has 2 aromatic carbocycles. The van der Waals surface area contributed by atoms with Crippen molar-refractivity contribution in [3.05, 3.63) is 77.0 Å². The molecule has 1 heterocycles. The van der Waals surface area contributed by atoms with Gasteiger partial charge in [0, 0.05) is 35.3 Å². The summed E-state index contributed by atoms with van der Waals surface area (Å²) in [4.78, 5) is 13.0. The van der Waals surface area contributed by atoms with Crippen LogP contribution < -0.4 is 10.6 Å². The highest BCUT2D eigenvalue weighted by molar-refractivity contribution is 6.04. The molecular formula is C25H30F2N4O. The molecule has 3 rings (SSSR count). The molecule has 0 aliphatic carbocycles. The third kappa shape index (κ3) is 5.72. The maximum Gasteiger partial charge on any atom is 0.256 e. The Hall–Kier alpha value is -3.22. The van der Waals surface area contributed by atoms with Crippen LogP contribution in [-0.4, -0.2) is 15.7 Å². The lowest BCUT2D eigenvalue weighted by atomic mass is 9.92. The zero-order chi connectivity index (χ0) is 23.7. The number of carbonyl (C=O) groups excluding carboxylic acids is 1. The third-order valence-electron chi connectivity index (χ3n) is 4.90. The van der Waals surface area contributed by atoms with Gasteiger partial charge < -0.3 is 10.6 Å². The first-order valence-corrected chi connectivity index (χ1v) is 10.5. The average Bonchev–Trinajstić information content (AvgIpc) is 3.11. The molecule has 0 saturated carbocycles. The summed E-state index contributed by atoms with van der Waals surface area (Å²) >= 11 is 0. The zero-order valence-corrected chi connectivity index (χ0v) is 19.4. The first-order valence-electron chi connectivity index (χ1n) is 10.5. The van der Waals surface area contributed by atoms with Gasteiger partial charge in [0.05, 0.1) is 11.2 Å². The lowest BCUT2D eigenvalue weighted by Gasteiger charge is -2.23. The summed E-state index contributed by atoms with van der Waals surface area (Å²) in [6, 6.07) is 12.2. The quantitative estimate of drug-likeness (QED) is 0.506. The van der Waals surface area contributed by atoms with Crippen LogP contribution in [0, 0.1) is 11.6 Å². The molecule has 32 heavy (non-hydrogen) atoms. The maximum absolute atomic E-state index is 13.4. The highest BCUT2D eigenvalue weighted by Crippen LogP contribution is 2.28. The first-order chi connectivity index (χ1) is 14.8. The molecule has 170 valence electrons. The van der Waals surface area contributed by atoms with E-state index in [9.17, 15) is 13.6 Å². The number of nitrogens with zero attached hydrogens (tertiary/aromatic N) is 2. The molecule has 1 amide bonds. The highest BCUT2D eigenvalue weighted by Gasteiger charge is 2.26. The molecule has 5 nitrogen and oxygen atoms in total.